The van der Waals surface area contributed by atoms with Crippen molar-refractivity contribution < 1.29 is 4.39 Å². The first-order valence-corrected chi connectivity index (χ1v) is 6.33. The molecule has 1 heterocycles. The molecule has 0 aliphatic carbocycles. The van der Waals surface area contributed by atoms with Crippen LogP contribution in [0.1, 0.15) is 6.92 Å². The fourth-order valence-corrected chi connectivity index (χ4v) is 1.99. The maximum Gasteiger partial charge on any atom is 0.224 e. The molecule has 7 heteroatoms. The summed E-state index contributed by atoms with van der Waals surface area (Å²) in [6, 6.07) is 4.85. The van der Waals surface area contributed by atoms with Crippen molar-refractivity contribution in [3.8, 4) is 0 Å². The Morgan fingerprint density at radius 3 is 2.53 bits per heavy atom. The number of hydrogen-bond acceptors (Lipinski definition) is 4. The lowest BCUT2D eigenvalue weighted by molar-refractivity contribution is 0.619. The number of nitrogens with one attached hydrogen (secondary N) is 2. The van der Waals surface area contributed by atoms with E-state index >= 15 is 0 Å². The third-order valence-electron chi connectivity index (χ3n) is 2.20. The largest absolute Gasteiger partial charge is 0.354 e. The summed E-state index contributed by atoms with van der Waals surface area (Å²) < 4.78 is 13.6. The molecule has 0 aliphatic heterocycles. The lowest BCUT2D eigenvalue weighted by atomic mass is 10.3. The zero-order valence-corrected chi connectivity index (χ0v) is 11.6. The molecule has 2 aromatic rings. The van der Waals surface area contributed by atoms with E-state index in [-0.39, 0.29) is 5.82 Å². The summed E-state index contributed by atoms with van der Waals surface area (Å²) in [6.45, 7) is 2.55. The number of nitrogens with zero attached hydrogens (tertiary/aromatic N) is 2. The highest BCUT2D eigenvalue weighted by molar-refractivity contribution is 6.35. The molecule has 0 unspecified atom stereocenters. The normalized spacial score (nSPS) is 10.3. The van der Waals surface area contributed by atoms with Crippen molar-refractivity contribution >= 4 is 40.7 Å². The summed E-state index contributed by atoms with van der Waals surface area (Å²) >= 11 is 11.7. The van der Waals surface area contributed by atoms with E-state index in [2.05, 4.69) is 20.6 Å². The molecule has 0 bridgehead atoms. The van der Waals surface area contributed by atoms with Crippen LogP contribution in [-0.4, -0.2) is 16.5 Å². The fourth-order valence-electron chi connectivity index (χ4n) is 1.46. The molecule has 0 saturated heterocycles. The van der Waals surface area contributed by atoms with Gasteiger partial charge in [-0.25, -0.2) is 9.37 Å². The maximum atomic E-state index is 13.6. The predicted molar refractivity (Wildman–Crippen MR) is 75.9 cm³/mol. The summed E-state index contributed by atoms with van der Waals surface area (Å²) in [7, 11) is 0. The molecule has 0 saturated carbocycles. The van der Waals surface area contributed by atoms with Gasteiger partial charge in [0.15, 0.2) is 11.6 Å². The van der Waals surface area contributed by atoms with E-state index in [1.54, 1.807) is 18.2 Å². The molecule has 2 N–H and O–H groups in total. The molecule has 1 aromatic carbocycles. The van der Waals surface area contributed by atoms with Gasteiger partial charge in [0, 0.05) is 22.3 Å². The second-order valence-electron chi connectivity index (χ2n) is 3.70. The average molecular weight is 301 g/mol. The molecule has 2 rings (SSSR count). The average Bonchev–Trinajstić information content (AvgIpc) is 2.32. The number of rotatable bonds is 4. The molecule has 0 fully saturated rings. The van der Waals surface area contributed by atoms with Crippen LogP contribution < -0.4 is 10.6 Å². The van der Waals surface area contributed by atoms with Gasteiger partial charge in [0.25, 0.3) is 0 Å². The van der Waals surface area contributed by atoms with E-state index in [0.29, 0.717) is 28.2 Å². The summed E-state index contributed by atoms with van der Waals surface area (Å²) in [6.07, 6.45) is 1.10. The minimum Gasteiger partial charge on any atom is -0.354 e. The van der Waals surface area contributed by atoms with Gasteiger partial charge in [-0.1, -0.05) is 23.2 Å². The molecule has 0 amide bonds. The van der Waals surface area contributed by atoms with Gasteiger partial charge in [0.05, 0.1) is 6.20 Å². The van der Waals surface area contributed by atoms with Crippen molar-refractivity contribution in [3.05, 3.63) is 40.3 Å². The van der Waals surface area contributed by atoms with Crippen LogP contribution in [0.2, 0.25) is 10.0 Å². The zero-order valence-electron chi connectivity index (χ0n) is 10.0. The second kappa shape index (κ2) is 6.04. The van der Waals surface area contributed by atoms with Crippen molar-refractivity contribution in [3.63, 3.8) is 0 Å². The first-order chi connectivity index (χ1) is 9.08. The Bertz CT molecular complexity index is 572. The molecule has 0 spiro atoms. The first-order valence-electron chi connectivity index (χ1n) is 5.58. The Hall–Kier alpha value is -1.59. The van der Waals surface area contributed by atoms with E-state index in [1.165, 1.54) is 0 Å². The van der Waals surface area contributed by atoms with Gasteiger partial charge in [0.1, 0.15) is 0 Å². The Kier molecular flexibility index (Phi) is 4.39. The summed E-state index contributed by atoms with van der Waals surface area (Å²) in [5.74, 6) is -0.151. The highest BCUT2D eigenvalue weighted by Gasteiger charge is 2.08. The van der Waals surface area contributed by atoms with Gasteiger partial charge in [-0.2, -0.15) is 4.98 Å². The van der Waals surface area contributed by atoms with E-state index < -0.39 is 5.82 Å². The van der Waals surface area contributed by atoms with Crippen LogP contribution in [0.25, 0.3) is 0 Å². The van der Waals surface area contributed by atoms with Crippen LogP contribution in [0.3, 0.4) is 0 Å². The predicted octanol–water partition coefficient (Wildman–Crippen LogP) is 4.10. The fraction of sp³-hybridized carbons (Fsp3) is 0.167. The Balaban J connectivity index is 2.28. The zero-order chi connectivity index (χ0) is 13.8. The number of benzene rings is 1. The summed E-state index contributed by atoms with van der Waals surface area (Å²) in [5.41, 5.74) is 0.553. The number of halogens is 3. The SMILES string of the molecule is CCNc1ncc(F)c(Nc2cc(Cl)cc(Cl)c2)n1. The Labute approximate surface area is 120 Å². The summed E-state index contributed by atoms with van der Waals surface area (Å²) in [5, 5.41) is 6.63. The number of anilines is 3. The van der Waals surface area contributed by atoms with E-state index in [0.717, 1.165) is 6.20 Å². The molecule has 0 aliphatic rings. The highest BCUT2D eigenvalue weighted by atomic mass is 35.5. The van der Waals surface area contributed by atoms with Gasteiger partial charge in [-0.15, -0.1) is 0 Å². The van der Waals surface area contributed by atoms with Crippen LogP contribution in [0.4, 0.5) is 21.8 Å². The van der Waals surface area contributed by atoms with Crippen molar-refractivity contribution in [2.45, 2.75) is 6.92 Å². The molecule has 0 atom stereocenters. The molecular weight excluding hydrogens is 290 g/mol. The first kappa shape index (κ1) is 13.8. The maximum absolute atomic E-state index is 13.6. The van der Waals surface area contributed by atoms with Crippen LogP contribution in [0.15, 0.2) is 24.4 Å². The van der Waals surface area contributed by atoms with Crippen LogP contribution in [0.5, 0.6) is 0 Å². The quantitative estimate of drug-likeness (QED) is 0.892. The van der Waals surface area contributed by atoms with Crippen LogP contribution in [-0.2, 0) is 0 Å². The third-order valence-corrected chi connectivity index (χ3v) is 2.64. The van der Waals surface area contributed by atoms with E-state index in [1.807, 2.05) is 6.92 Å². The number of aromatic nitrogens is 2. The minimum atomic E-state index is -0.558. The standard InChI is InChI=1S/C12H11Cl2FN4/c1-2-16-12-17-6-10(15)11(19-12)18-9-4-7(13)3-8(14)5-9/h3-6H,2H2,1H3,(H2,16,17,18,19). The van der Waals surface area contributed by atoms with Gasteiger partial charge in [0.2, 0.25) is 5.95 Å². The van der Waals surface area contributed by atoms with Crippen LogP contribution in [0, 0.1) is 5.82 Å². The van der Waals surface area contributed by atoms with Crippen molar-refractivity contribution in [2.75, 3.05) is 17.2 Å². The minimum absolute atomic E-state index is 0.0595. The topological polar surface area (TPSA) is 49.8 Å². The Morgan fingerprint density at radius 1 is 1.21 bits per heavy atom. The molecule has 100 valence electrons. The van der Waals surface area contributed by atoms with Crippen molar-refractivity contribution in [1.82, 2.24) is 9.97 Å². The lowest BCUT2D eigenvalue weighted by Crippen LogP contribution is -2.05. The van der Waals surface area contributed by atoms with E-state index in [9.17, 15) is 4.39 Å². The van der Waals surface area contributed by atoms with Gasteiger partial charge < -0.3 is 10.6 Å². The number of hydrogen-bond donors (Lipinski definition) is 2. The lowest BCUT2D eigenvalue weighted by Gasteiger charge is -2.09. The molecule has 19 heavy (non-hydrogen) atoms. The molecule has 0 radical (unpaired) electrons. The van der Waals surface area contributed by atoms with Gasteiger partial charge >= 0.3 is 0 Å². The van der Waals surface area contributed by atoms with Gasteiger partial charge in [-0.05, 0) is 25.1 Å². The second-order valence-corrected chi connectivity index (χ2v) is 4.58. The molecular formula is C12H11Cl2FN4. The molecule has 4 nitrogen and oxygen atoms in total. The van der Waals surface area contributed by atoms with Gasteiger partial charge in [-0.3, -0.25) is 0 Å². The smallest absolute Gasteiger partial charge is 0.224 e. The monoisotopic (exact) mass is 300 g/mol. The Morgan fingerprint density at radius 2 is 1.89 bits per heavy atom. The van der Waals surface area contributed by atoms with E-state index in [4.69, 9.17) is 23.2 Å². The third kappa shape index (κ3) is 3.68. The molecule has 1 aromatic heterocycles. The highest BCUT2D eigenvalue weighted by Crippen LogP contribution is 2.25. The summed E-state index contributed by atoms with van der Waals surface area (Å²) in [4.78, 5) is 7.84. The van der Waals surface area contributed by atoms with Crippen molar-refractivity contribution in [2.24, 2.45) is 0 Å². The van der Waals surface area contributed by atoms with Crippen molar-refractivity contribution in [1.29, 1.82) is 0 Å². The van der Waals surface area contributed by atoms with Crippen LogP contribution >= 0.6 is 23.2 Å².